The first-order chi connectivity index (χ1) is 24.3. The summed E-state index contributed by atoms with van der Waals surface area (Å²) in [6.07, 6.45) is 3.68. The van der Waals surface area contributed by atoms with Gasteiger partial charge in [-0.2, -0.15) is 0 Å². The number of hydrogen-bond donors (Lipinski definition) is 4. The average Bonchev–Trinajstić information content (AvgIpc) is 3.60. The number of nitrogens with one attached hydrogen (secondary N) is 3. The summed E-state index contributed by atoms with van der Waals surface area (Å²) in [4.78, 5) is 56.0. The fraction of sp³-hybridized carbons (Fsp3) is 0.737. The molecular weight excluding hydrogens is 657 g/mol. The predicted molar refractivity (Wildman–Crippen MR) is 199 cm³/mol. The molecule has 0 saturated carbocycles. The standard InChI is InChI=1S/C34H56FN5O6.C3H8.CH4O/c1-9-11-26(39(6)30(42)21-38-34(44)31(36-5)22(2)3)28(45-7)20-29(41)40-19-10-12-27(40)32(46-8)23(4)33(43)37-18-17-24-13-15-25(35)16-14-24;1-3-2;1-2/h13-16,22-23,26-28,31-32,36H,9-12,17-21H2,1-8H3,(H,37,43)(H,38,44);3H2,1-2H3;2H,1H3/t23?,26-,27?,28?,31?,32?;;/m0../s1. The lowest BCUT2D eigenvalue weighted by molar-refractivity contribution is -0.144. The highest BCUT2D eigenvalue weighted by Crippen LogP contribution is 2.28. The van der Waals surface area contributed by atoms with Crippen LogP contribution < -0.4 is 16.0 Å². The molecule has 51 heavy (non-hydrogen) atoms. The number of nitrogens with zero attached hydrogens (tertiary/aromatic N) is 2. The number of amides is 4. The van der Waals surface area contributed by atoms with Crippen LogP contribution >= 0.6 is 0 Å². The minimum absolute atomic E-state index is 0.0610. The summed E-state index contributed by atoms with van der Waals surface area (Å²) in [5.41, 5.74) is 0.921. The van der Waals surface area contributed by atoms with Gasteiger partial charge in [-0.1, -0.05) is 66.5 Å². The molecule has 294 valence electrons. The fourth-order valence-electron chi connectivity index (χ4n) is 6.37. The maximum Gasteiger partial charge on any atom is 0.242 e. The molecule has 12 nitrogen and oxygen atoms in total. The molecule has 2 rings (SSSR count). The Kier molecular flexibility index (Phi) is 25.0. The minimum atomic E-state index is -0.563. The van der Waals surface area contributed by atoms with Gasteiger partial charge < -0.3 is 40.3 Å². The van der Waals surface area contributed by atoms with Crippen LogP contribution in [0.4, 0.5) is 4.39 Å². The maximum atomic E-state index is 13.8. The number of ether oxygens (including phenoxy) is 2. The van der Waals surface area contributed by atoms with E-state index in [0.29, 0.717) is 32.4 Å². The zero-order chi connectivity index (χ0) is 39.1. The molecule has 0 aromatic heterocycles. The molecule has 0 bridgehead atoms. The quantitative estimate of drug-likeness (QED) is 0.169. The van der Waals surface area contributed by atoms with Crippen LogP contribution in [-0.2, 0) is 35.1 Å². The second-order valence-corrected chi connectivity index (χ2v) is 13.2. The molecule has 1 aromatic rings. The van der Waals surface area contributed by atoms with Crippen molar-refractivity contribution in [1.29, 1.82) is 0 Å². The van der Waals surface area contributed by atoms with Crippen molar-refractivity contribution in [1.82, 2.24) is 25.8 Å². The average molecular weight is 726 g/mol. The molecule has 0 aliphatic carbocycles. The first-order valence-corrected chi connectivity index (χ1v) is 18.3. The summed E-state index contributed by atoms with van der Waals surface area (Å²) in [7, 11) is 7.49. The van der Waals surface area contributed by atoms with E-state index in [1.165, 1.54) is 18.6 Å². The molecule has 13 heteroatoms. The molecule has 0 radical (unpaired) electrons. The Balaban J connectivity index is 0.00000473. The SMILES string of the molecule is CCC.CCC[C@@H](C(CC(=O)N1CCCC1C(OC)C(C)C(=O)NCCc1ccc(F)cc1)OC)N(C)C(=O)CNC(=O)C(NC)C(C)C.CO. The van der Waals surface area contributed by atoms with Crippen LogP contribution in [0.1, 0.15) is 85.6 Å². The highest BCUT2D eigenvalue weighted by molar-refractivity contribution is 5.87. The van der Waals surface area contributed by atoms with Gasteiger partial charge in [0, 0.05) is 41.5 Å². The number of halogens is 1. The highest BCUT2D eigenvalue weighted by Gasteiger charge is 2.41. The molecule has 1 aliphatic rings. The number of aliphatic hydroxyl groups excluding tert-OH is 1. The molecular formula is C38H68FN5O7. The topological polar surface area (TPSA) is 150 Å². The van der Waals surface area contributed by atoms with Gasteiger partial charge in [0.25, 0.3) is 0 Å². The summed E-state index contributed by atoms with van der Waals surface area (Å²) in [6, 6.07) is 5.12. The van der Waals surface area contributed by atoms with Gasteiger partial charge >= 0.3 is 0 Å². The molecule has 1 saturated heterocycles. The molecule has 1 aliphatic heterocycles. The van der Waals surface area contributed by atoms with Crippen molar-refractivity contribution in [2.45, 2.75) is 117 Å². The molecule has 1 fully saturated rings. The van der Waals surface area contributed by atoms with Crippen molar-refractivity contribution in [2.75, 3.05) is 55.1 Å². The van der Waals surface area contributed by atoms with E-state index in [0.717, 1.165) is 25.5 Å². The van der Waals surface area contributed by atoms with Gasteiger partial charge in [0.05, 0.1) is 49.2 Å². The second kappa shape index (κ2) is 26.6. The number of methoxy groups -OCH3 is 2. The van der Waals surface area contributed by atoms with E-state index < -0.39 is 24.2 Å². The van der Waals surface area contributed by atoms with Crippen molar-refractivity contribution in [3.63, 3.8) is 0 Å². The molecule has 0 spiro atoms. The lowest BCUT2D eigenvalue weighted by atomic mass is 9.94. The Morgan fingerprint density at radius 2 is 1.61 bits per heavy atom. The van der Waals surface area contributed by atoms with Crippen LogP contribution in [0.3, 0.4) is 0 Å². The first-order valence-electron chi connectivity index (χ1n) is 18.3. The van der Waals surface area contributed by atoms with Gasteiger partial charge in [-0.3, -0.25) is 19.2 Å². The fourth-order valence-corrected chi connectivity index (χ4v) is 6.37. The number of likely N-dealkylation sites (N-methyl/N-ethyl adjacent to an activating group) is 2. The summed E-state index contributed by atoms with van der Waals surface area (Å²) >= 11 is 0. The molecule has 1 heterocycles. The molecule has 1 aromatic carbocycles. The van der Waals surface area contributed by atoms with Gasteiger partial charge in [0.1, 0.15) is 5.82 Å². The number of rotatable bonds is 19. The van der Waals surface area contributed by atoms with Crippen molar-refractivity contribution in [2.24, 2.45) is 11.8 Å². The van der Waals surface area contributed by atoms with E-state index in [-0.39, 0.29) is 60.4 Å². The Labute approximate surface area is 306 Å². The number of carbonyl (C=O) groups excluding carboxylic acids is 4. The van der Waals surface area contributed by atoms with Crippen molar-refractivity contribution < 1.29 is 38.1 Å². The van der Waals surface area contributed by atoms with Gasteiger partial charge in [-0.05, 0) is 56.3 Å². The molecule has 5 unspecified atom stereocenters. The summed E-state index contributed by atoms with van der Waals surface area (Å²) in [5, 5.41) is 15.7. The predicted octanol–water partition coefficient (Wildman–Crippen LogP) is 3.54. The van der Waals surface area contributed by atoms with Crippen LogP contribution in [0.25, 0.3) is 0 Å². The van der Waals surface area contributed by atoms with Crippen LogP contribution in [-0.4, -0.2) is 124 Å². The van der Waals surface area contributed by atoms with Crippen LogP contribution in [0.2, 0.25) is 0 Å². The van der Waals surface area contributed by atoms with Gasteiger partial charge in [-0.25, -0.2) is 4.39 Å². The van der Waals surface area contributed by atoms with E-state index >= 15 is 0 Å². The van der Waals surface area contributed by atoms with E-state index in [4.69, 9.17) is 14.6 Å². The zero-order valence-electron chi connectivity index (χ0n) is 33.1. The normalized spacial score (nSPS) is 16.7. The van der Waals surface area contributed by atoms with E-state index in [9.17, 15) is 23.6 Å². The lowest BCUT2D eigenvalue weighted by Gasteiger charge is -2.37. The van der Waals surface area contributed by atoms with Gasteiger partial charge in [0.15, 0.2) is 0 Å². The van der Waals surface area contributed by atoms with Gasteiger partial charge in [-0.15, -0.1) is 0 Å². The zero-order valence-corrected chi connectivity index (χ0v) is 33.1. The number of hydrogen-bond acceptors (Lipinski definition) is 8. The summed E-state index contributed by atoms with van der Waals surface area (Å²) < 4.78 is 24.8. The Hall–Kier alpha value is -3.13. The van der Waals surface area contributed by atoms with Crippen molar-refractivity contribution >= 4 is 23.6 Å². The Morgan fingerprint density at radius 3 is 2.12 bits per heavy atom. The maximum absolute atomic E-state index is 13.8. The van der Waals surface area contributed by atoms with Crippen LogP contribution in [0, 0.1) is 17.7 Å². The third kappa shape index (κ3) is 16.0. The Bertz CT molecular complexity index is 1140. The van der Waals surface area contributed by atoms with E-state index in [2.05, 4.69) is 29.8 Å². The summed E-state index contributed by atoms with van der Waals surface area (Å²) in [6.45, 7) is 12.7. The molecule has 6 atom stereocenters. The van der Waals surface area contributed by atoms with Crippen molar-refractivity contribution in [3.8, 4) is 0 Å². The number of aliphatic hydroxyl groups is 1. The summed E-state index contributed by atoms with van der Waals surface area (Å²) in [5.74, 6) is -1.56. The highest BCUT2D eigenvalue weighted by atomic mass is 19.1. The van der Waals surface area contributed by atoms with E-state index in [1.54, 1.807) is 57.2 Å². The first kappa shape index (κ1) is 47.9. The third-order valence-corrected chi connectivity index (χ3v) is 9.06. The van der Waals surface area contributed by atoms with Crippen LogP contribution in [0.5, 0.6) is 0 Å². The van der Waals surface area contributed by atoms with Crippen molar-refractivity contribution in [3.05, 3.63) is 35.6 Å². The van der Waals surface area contributed by atoms with Gasteiger partial charge in [0.2, 0.25) is 23.6 Å². The number of carbonyl (C=O) groups is 4. The monoisotopic (exact) mass is 726 g/mol. The largest absolute Gasteiger partial charge is 0.400 e. The molecule has 4 N–H and O–H groups in total. The Morgan fingerprint density at radius 1 is 1.00 bits per heavy atom. The van der Waals surface area contributed by atoms with Crippen LogP contribution in [0.15, 0.2) is 24.3 Å². The minimum Gasteiger partial charge on any atom is -0.400 e. The lowest BCUT2D eigenvalue weighted by Crippen LogP contribution is -2.53. The molecule has 4 amide bonds. The third-order valence-electron chi connectivity index (χ3n) is 9.06. The number of likely N-dealkylation sites (tertiary alicyclic amines) is 1. The second-order valence-electron chi connectivity index (χ2n) is 13.2. The van der Waals surface area contributed by atoms with E-state index in [1.807, 2.05) is 20.8 Å². The number of benzene rings is 1. The smallest absolute Gasteiger partial charge is 0.242 e.